The van der Waals surface area contributed by atoms with Gasteiger partial charge in [-0.05, 0) is 84.3 Å². The summed E-state index contributed by atoms with van der Waals surface area (Å²) < 4.78 is 0. The SMILES string of the molecule is O=C1NC(=O)/C(=C/c2ccnc(CC3CCC(NCc4ccccc4-c4ccncc4)CC3)n2)S1. The molecule has 1 aliphatic heterocycles. The highest BCUT2D eigenvalue weighted by molar-refractivity contribution is 8.18. The first-order valence-corrected chi connectivity index (χ1v) is 12.7. The van der Waals surface area contributed by atoms with Gasteiger partial charge in [0, 0.05) is 37.6 Å². The van der Waals surface area contributed by atoms with Gasteiger partial charge in [0.15, 0.2) is 0 Å². The first kappa shape index (κ1) is 23.4. The Kier molecular flexibility index (Phi) is 7.30. The molecule has 0 spiro atoms. The van der Waals surface area contributed by atoms with E-state index in [9.17, 15) is 9.59 Å². The van der Waals surface area contributed by atoms with Crippen molar-refractivity contribution in [2.24, 2.45) is 5.92 Å². The van der Waals surface area contributed by atoms with Crippen molar-refractivity contribution in [2.45, 2.75) is 44.7 Å². The van der Waals surface area contributed by atoms with E-state index in [4.69, 9.17) is 0 Å². The Morgan fingerprint density at radius 3 is 2.57 bits per heavy atom. The van der Waals surface area contributed by atoms with Crippen molar-refractivity contribution in [3.63, 3.8) is 0 Å². The van der Waals surface area contributed by atoms with Crippen LogP contribution >= 0.6 is 11.8 Å². The molecule has 5 rings (SSSR count). The minimum atomic E-state index is -0.366. The molecule has 0 bridgehead atoms. The maximum Gasteiger partial charge on any atom is 0.290 e. The second-order valence-electron chi connectivity index (χ2n) is 8.95. The smallest absolute Gasteiger partial charge is 0.290 e. The van der Waals surface area contributed by atoms with Gasteiger partial charge in [0.05, 0.1) is 10.6 Å². The minimum Gasteiger partial charge on any atom is -0.310 e. The molecule has 0 unspecified atom stereocenters. The predicted molar refractivity (Wildman–Crippen MR) is 137 cm³/mol. The summed E-state index contributed by atoms with van der Waals surface area (Å²) in [6, 6.07) is 14.9. The summed E-state index contributed by atoms with van der Waals surface area (Å²) in [5, 5.41) is 5.69. The van der Waals surface area contributed by atoms with Gasteiger partial charge in [-0.1, -0.05) is 24.3 Å². The van der Waals surface area contributed by atoms with E-state index in [1.165, 1.54) is 16.7 Å². The number of nitrogens with one attached hydrogen (secondary N) is 2. The second kappa shape index (κ2) is 10.9. The average Bonchev–Trinajstić information content (AvgIpc) is 3.20. The first-order valence-electron chi connectivity index (χ1n) is 11.9. The number of thioether (sulfide) groups is 1. The molecule has 3 aromatic rings. The third-order valence-corrected chi connectivity index (χ3v) is 7.37. The Morgan fingerprint density at radius 2 is 1.80 bits per heavy atom. The molecule has 1 aliphatic carbocycles. The number of benzene rings is 1. The Labute approximate surface area is 208 Å². The number of hydrogen-bond donors (Lipinski definition) is 2. The molecule has 2 amide bonds. The van der Waals surface area contributed by atoms with E-state index < -0.39 is 0 Å². The fraction of sp³-hybridized carbons (Fsp3) is 0.296. The lowest BCUT2D eigenvalue weighted by atomic mass is 9.84. The highest BCUT2D eigenvalue weighted by Gasteiger charge is 2.25. The van der Waals surface area contributed by atoms with Crippen LogP contribution in [-0.4, -0.2) is 32.1 Å². The van der Waals surface area contributed by atoms with Crippen LogP contribution in [0.3, 0.4) is 0 Å². The minimum absolute atomic E-state index is 0.346. The van der Waals surface area contributed by atoms with Gasteiger partial charge in [-0.15, -0.1) is 0 Å². The van der Waals surface area contributed by atoms with Crippen molar-refractivity contribution in [3.8, 4) is 11.1 Å². The zero-order valence-corrected chi connectivity index (χ0v) is 20.1. The largest absolute Gasteiger partial charge is 0.310 e. The summed E-state index contributed by atoms with van der Waals surface area (Å²) in [4.78, 5) is 36.7. The van der Waals surface area contributed by atoms with Gasteiger partial charge in [0.25, 0.3) is 11.1 Å². The number of nitrogens with zero attached hydrogens (tertiary/aromatic N) is 3. The van der Waals surface area contributed by atoms with Crippen LogP contribution in [0.5, 0.6) is 0 Å². The quantitative estimate of drug-likeness (QED) is 0.466. The summed E-state index contributed by atoms with van der Waals surface area (Å²) in [5.41, 5.74) is 4.40. The van der Waals surface area contributed by atoms with E-state index in [0.717, 1.165) is 56.2 Å². The van der Waals surface area contributed by atoms with Crippen molar-refractivity contribution in [2.75, 3.05) is 0 Å². The summed E-state index contributed by atoms with van der Waals surface area (Å²) in [5.74, 6) is 0.969. The molecule has 7 nitrogen and oxygen atoms in total. The van der Waals surface area contributed by atoms with Gasteiger partial charge in [0.2, 0.25) is 0 Å². The van der Waals surface area contributed by atoms with Crippen LogP contribution in [0.2, 0.25) is 0 Å². The van der Waals surface area contributed by atoms with E-state index in [-0.39, 0.29) is 11.1 Å². The molecular formula is C27H27N5O2S. The molecule has 1 aromatic carbocycles. The van der Waals surface area contributed by atoms with Crippen LogP contribution in [-0.2, 0) is 17.8 Å². The van der Waals surface area contributed by atoms with E-state index in [0.29, 0.717) is 22.6 Å². The third kappa shape index (κ3) is 6.01. The van der Waals surface area contributed by atoms with Crippen molar-refractivity contribution in [1.82, 2.24) is 25.6 Å². The maximum absolute atomic E-state index is 11.8. The molecule has 3 heterocycles. The first-order chi connectivity index (χ1) is 17.1. The Morgan fingerprint density at radius 1 is 1.00 bits per heavy atom. The lowest BCUT2D eigenvalue weighted by Crippen LogP contribution is -2.33. The van der Waals surface area contributed by atoms with E-state index >= 15 is 0 Å². The van der Waals surface area contributed by atoms with Gasteiger partial charge >= 0.3 is 0 Å². The second-order valence-corrected chi connectivity index (χ2v) is 9.96. The van der Waals surface area contributed by atoms with Gasteiger partial charge in [-0.3, -0.25) is 19.9 Å². The Balaban J connectivity index is 1.14. The molecule has 8 heteroatoms. The molecule has 2 fully saturated rings. The van der Waals surface area contributed by atoms with Crippen LogP contribution in [0.4, 0.5) is 4.79 Å². The fourth-order valence-corrected chi connectivity index (χ4v) is 5.39. The van der Waals surface area contributed by atoms with Gasteiger partial charge in [-0.25, -0.2) is 9.97 Å². The Bertz CT molecular complexity index is 1240. The third-order valence-electron chi connectivity index (χ3n) is 6.56. The lowest BCUT2D eigenvalue weighted by molar-refractivity contribution is -0.115. The normalized spacial score (nSPS) is 21.3. The van der Waals surface area contributed by atoms with Crippen molar-refractivity contribution >= 4 is 29.0 Å². The van der Waals surface area contributed by atoms with Crippen LogP contribution < -0.4 is 10.6 Å². The molecular weight excluding hydrogens is 458 g/mol. The summed E-state index contributed by atoms with van der Waals surface area (Å²) in [6.45, 7) is 0.849. The number of carbonyl (C=O) groups is 2. The number of aromatic nitrogens is 3. The van der Waals surface area contributed by atoms with Crippen molar-refractivity contribution < 1.29 is 9.59 Å². The number of rotatable bonds is 7. The zero-order chi connectivity index (χ0) is 24.0. The van der Waals surface area contributed by atoms with E-state index in [1.807, 2.05) is 12.4 Å². The zero-order valence-electron chi connectivity index (χ0n) is 19.3. The summed E-state index contributed by atoms with van der Waals surface area (Å²) in [7, 11) is 0. The molecule has 0 atom stereocenters. The topological polar surface area (TPSA) is 96.9 Å². The maximum atomic E-state index is 11.8. The van der Waals surface area contributed by atoms with Crippen LogP contribution in [0.25, 0.3) is 17.2 Å². The molecule has 35 heavy (non-hydrogen) atoms. The van der Waals surface area contributed by atoms with Gasteiger partial charge in [-0.2, -0.15) is 0 Å². The van der Waals surface area contributed by atoms with Crippen molar-refractivity contribution in [3.05, 3.63) is 83.0 Å². The standard InChI is InChI=1S/C27H27N5O2S/c33-26-24(35-27(34)32-26)16-22-11-14-29-25(31-22)15-18-5-7-21(8-6-18)30-17-20-3-1-2-4-23(20)19-9-12-28-13-10-19/h1-4,9-14,16,18,21,30H,5-8,15,17H2,(H,32,33,34)/b24-16-. The van der Waals surface area contributed by atoms with Crippen LogP contribution in [0, 0.1) is 5.92 Å². The van der Waals surface area contributed by atoms with Crippen LogP contribution in [0.1, 0.15) is 42.8 Å². The predicted octanol–water partition coefficient (Wildman–Crippen LogP) is 4.75. The van der Waals surface area contributed by atoms with E-state index in [1.54, 1.807) is 18.3 Å². The number of carbonyl (C=O) groups excluding carboxylic acids is 2. The average molecular weight is 486 g/mol. The molecule has 2 aliphatic rings. The number of amides is 2. The fourth-order valence-electron chi connectivity index (χ4n) is 4.72. The van der Waals surface area contributed by atoms with Gasteiger partial charge in [0.1, 0.15) is 5.82 Å². The highest BCUT2D eigenvalue weighted by Crippen LogP contribution is 2.29. The molecule has 0 radical (unpaired) electrons. The molecule has 1 saturated heterocycles. The molecule has 1 saturated carbocycles. The van der Waals surface area contributed by atoms with Crippen molar-refractivity contribution in [1.29, 1.82) is 0 Å². The highest BCUT2D eigenvalue weighted by atomic mass is 32.2. The molecule has 178 valence electrons. The van der Waals surface area contributed by atoms with Gasteiger partial charge < -0.3 is 5.32 Å². The Hall–Kier alpha value is -3.36. The number of imide groups is 1. The van der Waals surface area contributed by atoms with E-state index in [2.05, 4.69) is 62.0 Å². The number of hydrogen-bond acceptors (Lipinski definition) is 7. The summed E-state index contributed by atoms with van der Waals surface area (Å²) >= 11 is 0.904. The lowest BCUT2D eigenvalue weighted by Gasteiger charge is -2.29. The van der Waals surface area contributed by atoms with Crippen LogP contribution in [0.15, 0.2) is 66.0 Å². The monoisotopic (exact) mass is 485 g/mol. The number of pyridine rings is 1. The summed E-state index contributed by atoms with van der Waals surface area (Å²) in [6.07, 6.45) is 12.4. The molecule has 2 N–H and O–H groups in total. The molecule has 2 aromatic heterocycles.